The van der Waals surface area contributed by atoms with E-state index in [0.717, 1.165) is 0 Å². The first-order chi connectivity index (χ1) is 11.9. The van der Waals surface area contributed by atoms with Crippen LogP contribution in [0.15, 0.2) is 0 Å². The van der Waals surface area contributed by atoms with Gasteiger partial charge in [0.15, 0.2) is 0 Å². The van der Waals surface area contributed by atoms with Crippen LogP contribution in [0.1, 0.15) is 34.6 Å². The SMILES string of the molecule is CC(N)C(=O)NC(C(=O)NC(C(=O)NC(CO)C(=O)O)C(C)C)C(C)C. The average molecular weight is 374 g/mol. The Morgan fingerprint density at radius 1 is 0.808 bits per heavy atom. The topological polar surface area (TPSA) is 171 Å². The maximum Gasteiger partial charge on any atom is 0.328 e. The number of hydrogen-bond donors (Lipinski definition) is 6. The molecule has 7 N–H and O–H groups in total. The summed E-state index contributed by atoms with van der Waals surface area (Å²) >= 11 is 0. The molecule has 10 heteroatoms. The molecular formula is C16H30N4O6. The Morgan fingerprint density at radius 3 is 1.50 bits per heavy atom. The van der Waals surface area contributed by atoms with Crippen LogP contribution >= 0.6 is 0 Å². The molecule has 0 spiro atoms. The summed E-state index contributed by atoms with van der Waals surface area (Å²) in [7, 11) is 0. The van der Waals surface area contributed by atoms with Crippen LogP contribution in [-0.2, 0) is 19.2 Å². The van der Waals surface area contributed by atoms with E-state index in [1.54, 1.807) is 27.7 Å². The van der Waals surface area contributed by atoms with Crippen molar-refractivity contribution in [1.29, 1.82) is 0 Å². The summed E-state index contributed by atoms with van der Waals surface area (Å²) in [6.45, 7) is 7.49. The van der Waals surface area contributed by atoms with Crippen LogP contribution in [0.25, 0.3) is 0 Å². The van der Waals surface area contributed by atoms with Crippen molar-refractivity contribution in [2.24, 2.45) is 17.6 Å². The summed E-state index contributed by atoms with van der Waals surface area (Å²) in [5, 5.41) is 25.2. The van der Waals surface area contributed by atoms with E-state index in [0.29, 0.717) is 0 Å². The molecular weight excluding hydrogens is 344 g/mol. The largest absolute Gasteiger partial charge is 0.480 e. The van der Waals surface area contributed by atoms with Crippen molar-refractivity contribution in [3.05, 3.63) is 0 Å². The molecule has 150 valence electrons. The van der Waals surface area contributed by atoms with Gasteiger partial charge in [-0.15, -0.1) is 0 Å². The highest BCUT2D eigenvalue weighted by Gasteiger charge is 2.32. The van der Waals surface area contributed by atoms with Gasteiger partial charge < -0.3 is 31.9 Å². The van der Waals surface area contributed by atoms with Crippen LogP contribution in [-0.4, -0.2) is 64.7 Å². The van der Waals surface area contributed by atoms with E-state index in [4.69, 9.17) is 15.9 Å². The Bertz CT molecular complexity index is 521. The molecule has 4 atom stereocenters. The Balaban J connectivity index is 5.21. The molecule has 0 fully saturated rings. The van der Waals surface area contributed by atoms with Gasteiger partial charge in [0, 0.05) is 0 Å². The first kappa shape index (κ1) is 23.8. The van der Waals surface area contributed by atoms with E-state index in [-0.39, 0.29) is 11.8 Å². The zero-order valence-corrected chi connectivity index (χ0v) is 15.8. The zero-order chi connectivity index (χ0) is 20.6. The number of nitrogens with two attached hydrogens (primary N) is 1. The Hall–Kier alpha value is -2.20. The number of carboxylic acids is 1. The van der Waals surface area contributed by atoms with Gasteiger partial charge in [-0.3, -0.25) is 14.4 Å². The van der Waals surface area contributed by atoms with Crippen molar-refractivity contribution < 1.29 is 29.4 Å². The molecule has 0 aliphatic rings. The highest BCUT2D eigenvalue weighted by molar-refractivity contribution is 5.94. The van der Waals surface area contributed by atoms with E-state index in [9.17, 15) is 19.2 Å². The first-order valence-corrected chi connectivity index (χ1v) is 8.42. The monoisotopic (exact) mass is 374 g/mol. The van der Waals surface area contributed by atoms with Crippen LogP contribution in [0.2, 0.25) is 0 Å². The highest BCUT2D eigenvalue weighted by Crippen LogP contribution is 2.07. The van der Waals surface area contributed by atoms with Crippen LogP contribution < -0.4 is 21.7 Å². The van der Waals surface area contributed by atoms with Gasteiger partial charge in [-0.25, -0.2) is 4.79 Å². The molecule has 0 aliphatic carbocycles. The normalized spacial score (nSPS) is 15.7. The lowest BCUT2D eigenvalue weighted by Crippen LogP contribution is -2.59. The molecule has 3 amide bonds. The van der Waals surface area contributed by atoms with Crippen LogP contribution in [0.3, 0.4) is 0 Å². The fraction of sp³-hybridized carbons (Fsp3) is 0.750. The van der Waals surface area contributed by atoms with Crippen molar-refractivity contribution >= 4 is 23.7 Å². The number of carboxylic acid groups (broad SMARTS) is 1. The summed E-state index contributed by atoms with van der Waals surface area (Å²) in [5.74, 6) is -3.84. The van der Waals surface area contributed by atoms with Crippen LogP contribution in [0.4, 0.5) is 0 Å². The lowest BCUT2D eigenvalue weighted by molar-refractivity contribution is -0.143. The minimum atomic E-state index is -1.47. The lowest BCUT2D eigenvalue weighted by Gasteiger charge is -2.28. The molecule has 0 bridgehead atoms. The predicted molar refractivity (Wildman–Crippen MR) is 93.8 cm³/mol. The third-order valence-corrected chi connectivity index (χ3v) is 3.70. The van der Waals surface area contributed by atoms with Gasteiger partial charge in [-0.2, -0.15) is 0 Å². The number of aliphatic carboxylic acids is 1. The third kappa shape index (κ3) is 7.36. The summed E-state index contributed by atoms with van der Waals surface area (Å²) < 4.78 is 0. The highest BCUT2D eigenvalue weighted by atomic mass is 16.4. The number of rotatable bonds is 10. The fourth-order valence-corrected chi connectivity index (χ4v) is 2.04. The van der Waals surface area contributed by atoms with E-state index in [1.807, 2.05) is 0 Å². The Morgan fingerprint density at radius 2 is 1.19 bits per heavy atom. The second-order valence-corrected chi connectivity index (χ2v) is 6.83. The summed E-state index contributed by atoms with van der Waals surface area (Å²) in [5.41, 5.74) is 5.49. The predicted octanol–water partition coefficient (Wildman–Crippen LogP) is -1.82. The summed E-state index contributed by atoms with van der Waals surface area (Å²) in [4.78, 5) is 47.6. The molecule has 0 aromatic rings. The second-order valence-electron chi connectivity index (χ2n) is 6.83. The van der Waals surface area contributed by atoms with Crippen molar-refractivity contribution in [3.8, 4) is 0 Å². The number of carbonyl (C=O) groups is 4. The minimum Gasteiger partial charge on any atom is -0.480 e. The minimum absolute atomic E-state index is 0.266. The van der Waals surface area contributed by atoms with Gasteiger partial charge >= 0.3 is 5.97 Å². The van der Waals surface area contributed by atoms with E-state index in [1.165, 1.54) is 6.92 Å². The number of hydrogen-bond acceptors (Lipinski definition) is 6. The molecule has 0 saturated heterocycles. The quantitative estimate of drug-likeness (QED) is 0.261. The summed E-state index contributed by atoms with van der Waals surface area (Å²) in [6, 6.07) is -4.21. The molecule has 10 nitrogen and oxygen atoms in total. The molecule has 0 rings (SSSR count). The molecule has 0 aliphatic heterocycles. The summed E-state index contributed by atoms with van der Waals surface area (Å²) in [6.07, 6.45) is 0. The standard InChI is InChI=1S/C16H30N4O6/c1-7(2)11(14(23)18-10(6-21)16(25)26)20-15(24)12(8(3)4)19-13(22)9(5)17/h7-12,21H,6,17H2,1-5H3,(H,18,23)(H,19,22)(H,20,24)(H,25,26). The number of carbonyl (C=O) groups excluding carboxylic acids is 3. The maximum atomic E-state index is 12.5. The van der Waals surface area contributed by atoms with Gasteiger partial charge in [0.25, 0.3) is 0 Å². The number of aliphatic hydroxyl groups excluding tert-OH is 1. The van der Waals surface area contributed by atoms with Crippen molar-refractivity contribution in [3.63, 3.8) is 0 Å². The molecule has 0 aromatic heterocycles. The molecule has 4 unspecified atom stereocenters. The zero-order valence-electron chi connectivity index (χ0n) is 15.8. The van der Waals surface area contributed by atoms with Gasteiger partial charge in [0.05, 0.1) is 12.6 Å². The molecule has 0 radical (unpaired) electrons. The van der Waals surface area contributed by atoms with E-state index >= 15 is 0 Å². The van der Waals surface area contributed by atoms with E-state index in [2.05, 4.69) is 16.0 Å². The van der Waals surface area contributed by atoms with Gasteiger partial charge in [-0.1, -0.05) is 27.7 Å². The van der Waals surface area contributed by atoms with Crippen LogP contribution in [0.5, 0.6) is 0 Å². The fourth-order valence-electron chi connectivity index (χ4n) is 2.04. The molecule has 0 saturated carbocycles. The first-order valence-electron chi connectivity index (χ1n) is 8.42. The number of nitrogens with one attached hydrogen (secondary N) is 3. The van der Waals surface area contributed by atoms with Crippen molar-refractivity contribution in [1.82, 2.24) is 16.0 Å². The second kappa shape index (κ2) is 10.7. The molecule has 0 aromatic carbocycles. The number of aliphatic hydroxyl groups is 1. The van der Waals surface area contributed by atoms with Gasteiger partial charge in [-0.05, 0) is 18.8 Å². The van der Waals surface area contributed by atoms with Crippen molar-refractivity contribution in [2.45, 2.75) is 58.8 Å². The smallest absolute Gasteiger partial charge is 0.328 e. The van der Waals surface area contributed by atoms with Crippen molar-refractivity contribution in [2.75, 3.05) is 6.61 Å². The Kier molecular flexibility index (Phi) is 9.81. The lowest BCUT2D eigenvalue weighted by atomic mass is 9.99. The number of amides is 3. The molecule has 26 heavy (non-hydrogen) atoms. The van der Waals surface area contributed by atoms with Gasteiger partial charge in [0.1, 0.15) is 18.1 Å². The van der Waals surface area contributed by atoms with E-state index < -0.39 is 54.5 Å². The third-order valence-electron chi connectivity index (χ3n) is 3.70. The van der Waals surface area contributed by atoms with Crippen LogP contribution in [0, 0.1) is 11.8 Å². The average Bonchev–Trinajstić information content (AvgIpc) is 2.53. The maximum absolute atomic E-state index is 12.5. The molecule has 0 heterocycles. The van der Waals surface area contributed by atoms with Gasteiger partial charge in [0.2, 0.25) is 17.7 Å². The Labute approximate surface area is 152 Å².